The van der Waals surface area contributed by atoms with Crippen molar-refractivity contribution in [3.05, 3.63) is 55.6 Å². The van der Waals surface area contributed by atoms with Crippen LogP contribution in [-0.4, -0.2) is 35.0 Å². The second kappa shape index (κ2) is 7.94. The van der Waals surface area contributed by atoms with E-state index in [1.54, 1.807) is 15.9 Å². The number of thiophene rings is 1. The maximum Gasteiger partial charge on any atom is 0.263 e. The van der Waals surface area contributed by atoms with Crippen LogP contribution in [0.4, 0.5) is 0 Å². The zero-order valence-electron chi connectivity index (χ0n) is 14.9. The fraction of sp³-hybridized carbons (Fsp3) is 0.474. The Morgan fingerprint density at radius 2 is 2.04 bits per heavy atom. The molecule has 0 radical (unpaired) electrons. The molecule has 2 aromatic rings. The molecule has 2 aromatic heterocycles. The van der Waals surface area contributed by atoms with Crippen LogP contribution in [0.25, 0.3) is 0 Å². The van der Waals surface area contributed by atoms with Crippen molar-refractivity contribution < 1.29 is 4.79 Å². The highest BCUT2D eigenvalue weighted by atomic mass is 35.5. The van der Waals surface area contributed by atoms with Gasteiger partial charge >= 0.3 is 0 Å². The molecule has 1 N–H and O–H groups in total. The van der Waals surface area contributed by atoms with Gasteiger partial charge in [-0.3, -0.25) is 9.59 Å². The lowest BCUT2D eigenvalue weighted by Gasteiger charge is -2.29. The second-order valence-electron chi connectivity index (χ2n) is 6.91. The van der Waals surface area contributed by atoms with Gasteiger partial charge in [0.15, 0.2) is 0 Å². The number of nitrogens with one attached hydrogen (secondary N) is 1. The van der Waals surface area contributed by atoms with Crippen LogP contribution in [0, 0.1) is 6.92 Å². The van der Waals surface area contributed by atoms with E-state index in [2.05, 4.69) is 16.8 Å². The molecule has 1 amide bonds. The minimum absolute atomic E-state index is 0. The van der Waals surface area contributed by atoms with Crippen molar-refractivity contribution >= 4 is 29.7 Å². The highest BCUT2D eigenvalue weighted by Gasteiger charge is 2.27. The average Bonchev–Trinajstić information content (AvgIpc) is 3.10. The predicted molar refractivity (Wildman–Crippen MR) is 107 cm³/mol. The summed E-state index contributed by atoms with van der Waals surface area (Å²) in [6.45, 7) is 5.00. The van der Waals surface area contributed by atoms with E-state index in [0.29, 0.717) is 18.7 Å². The molecule has 26 heavy (non-hydrogen) atoms. The largest absolute Gasteiger partial charge is 0.334 e. The van der Waals surface area contributed by atoms with Gasteiger partial charge in [0.2, 0.25) is 0 Å². The summed E-state index contributed by atoms with van der Waals surface area (Å²) in [6, 6.07) is 4.19. The first kappa shape index (κ1) is 19.1. The Hall–Kier alpha value is -1.63. The molecule has 0 atom stereocenters. The third-order valence-electron chi connectivity index (χ3n) is 5.34. The number of halogens is 1. The van der Waals surface area contributed by atoms with Gasteiger partial charge < -0.3 is 14.8 Å². The predicted octanol–water partition coefficient (Wildman–Crippen LogP) is 2.76. The third kappa shape index (κ3) is 3.46. The number of carbonyl (C=O) groups excluding carboxylic acids is 1. The van der Waals surface area contributed by atoms with Crippen LogP contribution in [0.3, 0.4) is 0 Å². The molecule has 140 valence electrons. The highest BCUT2D eigenvalue weighted by molar-refractivity contribution is 7.10. The normalized spacial score (nSPS) is 17.5. The van der Waals surface area contributed by atoms with E-state index in [-0.39, 0.29) is 29.9 Å². The molecule has 1 saturated heterocycles. The van der Waals surface area contributed by atoms with Crippen LogP contribution in [-0.2, 0) is 13.0 Å². The van der Waals surface area contributed by atoms with Crippen LogP contribution in [0.15, 0.2) is 28.5 Å². The molecular weight excluding hydrogens is 370 g/mol. The van der Waals surface area contributed by atoms with Crippen molar-refractivity contribution in [1.29, 1.82) is 0 Å². The Morgan fingerprint density at radius 1 is 1.27 bits per heavy atom. The fourth-order valence-corrected chi connectivity index (χ4v) is 4.74. The lowest BCUT2D eigenvalue weighted by Crippen LogP contribution is -2.41. The van der Waals surface area contributed by atoms with Crippen LogP contribution in [0.1, 0.15) is 45.2 Å². The summed E-state index contributed by atoms with van der Waals surface area (Å²) in [5.74, 6) is -0.123. The molecule has 0 spiro atoms. The van der Waals surface area contributed by atoms with Gasteiger partial charge in [-0.2, -0.15) is 0 Å². The van der Waals surface area contributed by atoms with Crippen molar-refractivity contribution in [3.63, 3.8) is 0 Å². The van der Waals surface area contributed by atoms with Gasteiger partial charge in [0, 0.05) is 30.2 Å². The second-order valence-corrected chi connectivity index (χ2v) is 7.91. The molecule has 0 bridgehead atoms. The Bertz CT molecular complexity index is 855. The number of aryl methyl sites for hydroxylation is 1. The zero-order valence-corrected chi connectivity index (χ0v) is 16.5. The minimum Gasteiger partial charge on any atom is -0.334 e. The molecule has 0 saturated carbocycles. The van der Waals surface area contributed by atoms with Gasteiger partial charge in [0.25, 0.3) is 11.5 Å². The maximum absolute atomic E-state index is 13.1. The van der Waals surface area contributed by atoms with E-state index in [4.69, 9.17) is 0 Å². The van der Waals surface area contributed by atoms with Crippen LogP contribution in [0.5, 0.6) is 0 Å². The summed E-state index contributed by atoms with van der Waals surface area (Å²) < 4.78 is 1.78. The number of aromatic nitrogens is 1. The lowest BCUT2D eigenvalue weighted by atomic mass is 10.0. The molecule has 5 nitrogen and oxygen atoms in total. The third-order valence-corrected chi connectivity index (χ3v) is 6.36. The van der Waals surface area contributed by atoms with Gasteiger partial charge in [-0.1, -0.05) is 0 Å². The Morgan fingerprint density at radius 3 is 2.81 bits per heavy atom. The molecule has 0 aliphatic carbocycles. The molecule has 0 unspecified atom stereocenters. The van der Waals surface area contributed by atoms with Gasteiger partial charge in [-0.15, -0.1) is 23.7 Å². The van der Waals surface area contributed by atoms with Crippen molar-refractivity contribution in [2.75, 3.05) is 19.6 Å². The first-order valence-electron chi connectivity index (χ1n) is 8.92. The standard InChI is InChI=1S/C19H23N3O2S.ClH/c1-13-4-10-22(15-2-7-20-8-3-15)19(24)17(13)18(23)21-9-5-16-14(12-21)6-11-25-16;/h4,6,10-11,15,20H,2-3,5,7-9,12H2,1H3;1H. The SMILES string of the molecule is Cc1ccn(C2CCNCC2)c(=O)c1C(=O)N1CCc2sccc2C1.Cl. The Labute approximate surface area is 163 Å². The van der Waals surface area contributed by atoms with E-state index in [1.807, 2.05) is 24.1 Å². The van der Waals surface area contributed by atoms with Gasteiger partial charge in [0.05, 0.1) is 0 Å². The summed E-state index contributed by atoms with van der Waals surface area (Å²) in [5, 5.41) is 5.40. The quantitative estimate of drug-likeness (QED) is 0.853. The Balaban J connectivity index is 0.00000196. The summed E-state index contributed by atoms with van der Waals surface area (Å²) in [6.07, 6.45) is 4.60. The molecule has 2 aliphatic rings. The molecule has 2 aliphatic heterocycles. The smallest absolute Gasteiger partial charge is 0.263 e. The van der Waals surface area contributed by atoms with E-state index in [9.17, 15) is 9.59 Å². The summed E-state index contributed by atoms with van der Waals surface area (Å²) >= 11 is 1.75. The van der Waals surface area contributed by atoms with Crippen molar-refractivity contribution in [2.45, 2.75) is 38.8 Å². The van der Waals surface area contributed by atoms with Crippen LogP contribution >= 0.6 is 23.7 Å². The number of hydrogen-bond acceptors (Lipinski definition) is 4. The fourth-order valence-electron chi connectivity index (χ4n) is 3.85. The van der Waals surface area contributed by atoms with Gasteiger partial charge in [0.1, 0.15) is 5.56 Å². The molecule has 1 fully saturated rings. The molecule has 4 rings (SSSR count). The van der Waals surface area contributed by atoms with Crippen molar-refractivity contribution in [1.82, 2.24) is 14.8 Å². The van der Waals surface area contributed by atoms with Crippen LogP contribution < -0.4 is 10.9 Å². The average molecular weight is 394 g/mol. The topological polar surface area (TPSA) is 54.3 Å². The number of pyridine rings is 1. The lowest BCUT2D eigenvalue weighted by molar-refractivity contribution is 0.0732. The summed E-state index contributed by atoms with van der Waals surface area (Å²) in [4.78, 5) is 29.4. The first-order valence-corrected chi connectivity index (χ1v) is 9.80. The van der Waals surface area contributed by atoms with E-state index >= 15 is 0 Å². The minimum atomic E-state index is -0.131. The monoisotopic (exact) mass is 393 g/mol. The summed E-state index contributed by atoms with van der Waals surface area (Å²) in [7, 11) is 0. The van der Waals surface area contributed by atoms with E-state index < -0.39 is 0 Å². The van der Waals surface area contributed by atoms with E-state index in [1.165, 1.54) is 10.4 Å². The van der Waals surface area contributed by atoms with Gasteiger partial charge in [-0.25, -0.2) is 0 Å². The molecule has 4 heterocycles. The number of piperidine rings is 1. The maximum atomic E-state index is 13.1. The zero-order chi connectivity index (χ0) is 17.4. The molecular formula is C19H24ClN3O2S. The number of hydrogen-bond donors (Lipinski definition) is 1. The number of rotatable bonds is 2. The van der Waals surface area contributed by atoms with Crippen molar-refractivity contribution in [3.8, 4) is 0 Å². The highest BCUT2D eigenvalue weighted by Crippen LogP contribution is 2.25. The number of fused-ring (bicyclic) bond motifs is 1. The van der Waals surface area contributed by atoms with Crippen LogP contribution in [0.2, 0.25) is 0 Å². The Kier molecular flexibility index (Phi) is 5.85. The van der Waals surface area contributed by atoms with Gasteiger partial charge in [-0.05, 0) is 67.9 Å². The summed E-state index contributed by atoms with van der Waals surface area (Å²) in [5.41, 5.74) is 2.21. The number of carbonyl (C=O) groups is 1. The number of amides is 1. The number of nitrogens with zero attached hydrogens (tertiary/aromatic N) is 2. The van der Waals surface area contributed by atoms with Crippen molar-refractivity contribution in [2.24, 2.45) is 0 Å². The molecule has 7 heteroatoms. The molecule has 0 aromatic carbocycles. The van der Waals surface area contributed by atoms with E-state index in [0.717, 1.165) is 37.9 Å². The first-order chi connectivity index (χ1) is 12.1.